The Morgan fingerprint density at radius 1 is 1.10 bits per heavy atom. The predicted molar refractivity (Wildman–Crippen MR) is 126 cm³/mol. The molecule has 4 rings (SSSR count). The van der Waals surface area contributed by atoms with Crippen molar-refractivity contribution in [1.82, 2.24) is 35.1 Å². The van der Waals surface area contributed by atoms with E-state index < -0.39 is 64.4 Å². The average molecular weight is 567 g/mol. The van der Waals surface area contributed by atoms with Gasteiger partial charge in [0.1, 0.15) is 23.7 Å². The second-order valence-corrected chi connectivity index (χ2v) is 8.60. The Hall–Kier alpha value is -4.60. The molecule has 1 aromatic carbocycles. The molecule has 0 bridgehead atoms. The van der Waals surface area contributed by atoms with Gasteiger partial charge in [-0.05, 0) is 25.1 Å². The topological polar surface area (TPSA) is 128 Å². The first-order valence-electron chi connectivity index (χ1n) is 11.3. The maximum atomic E-state index is 14.8. The largest absolute Gasteiger partial charge is 0.421 e. The van der Waals surface area contributed by atoms with Crippen molar-refractivity contribution < 1.29 is 36.2 Å². The molecule has 4 aromatic rings. The Labute approximate surface area is 220 Å². The Balaban J connectivity index is 1.75. The molecule has 210 valence electrons. The number of halogens is 6. The van der Waals surface area contributed by atoms with Gasteiger partial charge in [0.2, 0.25) is 0 Å². The fourth-order valence-corrected chi connectivity index (χ4v) is 3.82. The summed E-state index contributed by atoms with van der Waals surface area (Å²) in [5.41, 5.74) is -5.22. The Bertz CT molecular complexity index is 1630. The highest BCUT2D eigenvalue weighted by Gasteiger charge is 2.37. The van der Waals surface area contributed by atoms with E-state index in [4.69, 9.17) is 5.11 Å². The van der Waals surface area contributed by atoms with Crippen molar-refractivity contribution in [3.8, 4) is 16.9 Å². The van der Waals surface area contributed by atoms with E-state index in [0.717, 1.165) is 24.4 Å². The number of carbonyl (C=O) groups is 1. The zero-order chi connectivity index (χ0) is 29.4. The zero-order valence-electron chi connectivity index (χ0n) is 20.6. The lowest BCUT2D eigenvalue weighted by Gasteiger charge is -2.20. The molecule has 1 amide bonds. The summed E-state index contributed by atoms with van der Waals surface area (Å²) in [6.07, 6.45) is -1.43. The number of amides is 1. The van der Waals surface area contributed by atoms with Gasteiger partial charge in [-0.2, -0.15) is 31.7 Å². The summed E-state index contributed by atoms with van der Waals surface area (Å²) in [6.45, 7) is -0.472. The summed E-state index contributed by atoms with van der Waals surface area (Å²) in [5.74, 6) is -6.60. The third-order valence-corrected chi connectivity index (χ3v) is 5.86. The number of aromatic nitrogens is 6. The van der Waals surface area contributed by atoms with Gasteiger partial charge in [0, 0.05) is 24.4 Å². The third-order valence-electron chi connectivity index (χ3n) is 5.86. The SMILES string of the molecule is C[C@@H](NC(=O)c1cc(C(F)(F)F)c(=O)n(-c2cncc(-c3cnnn3C)c2)n1)c1cccc(C(F)(F)CO)c1F. The number of pyridine rings is 1. The van der Waals surface area contributed by atoms with Gasteiger partial charge in [0.05, 0.1) is 35.4 Å². The number of rotatable bonds is 7. The van der Waals surface area contributed by atoms with Crippen LogP contribution in [0.3, 0.4) is 0 Å². The van der Waals surface area contributed by atoms with Gasteiger partial charge in [-0.3, -0.25) is 14.6 Å². The standard InChI is InChI=1S/C24H19F6N7O3/c1-12(15-4-3-5-16(20(15)25)23(26,27)11-38)33-21(39)18-7-17(24(28,29)30)22(40)37(34-18)14-6-13(8-31-9-14)19-10-32-35-36(19)2/h3-10,12,38H,11H2,1-2H3,(H,33,39)/t12-/m1/s1. The Morgan fingerprint density at radius 2 is 1.82 bits per heavy atom. The molecule has 0 aliphatic rings. The van der Waals surface area contributed by atoms with Crippen molar-refractivity contribution in [2.45, 2.75) is 25.1 Å². The number of hydrogen-bond acceptors (Lipinski definition) is 7. The van der Waals surface area contributed by atoms with Crippen molar-refractivity contribution >= 4 is 5.91 Å². The number of nitrogens with zero attached hydrogens (tertiary/aromatic N) is 6. The Morgan fingerprint density at radius 3 is 2.45 bits per heavy atom. The van der Waals surface area contributed by atoms with Crippen LogP contribution in [-0.4, -0.2) is 47.4 Å². The van der Waals surface area contributed by atoms with Crippen LogP contribution >= 0.6 is 0 Å². The zero-order valence-corrected chi connectivity index (χ0v) is 20.6. The lowest BCUT2D eigenvalue weighted by molar-refractivity contribution is -0.139. The summed E-state index contributed by atoms with van der Waals surface area (Å²) in [5, 5.41) is 22.3. The van der Waals surface area contributed by atoms with Crippen LogP contribution in [0.5, 0.6) is 0 Å². The van der Waals surface area contributed by atoms with Gasteiger partial charge in [-0.15, -0.1) is 5.10 Å². The minimum atomic E-state index is -5.18. The number of aliphatic hydroxyl groups is 1. The summed E-state index contributed by atoms with van der Waals surface area (Å²) >= 11 is 0. The van der Waals surface area contributed by atoms with Crippen LogP contribution in [0.15, 0.2) is 53.7 Å². The minimum Gasteiger partial charge on any atom is -0.390 e. The van der Waals surface area contributed by atoms with Crippen LogP contribution in [0.25, 0.3) is 16.9 Å². The van der Waals surface area contributed by atoms with Crippen LogP contribution in [0.1, 0.15) is 40.1 Å². The van der Waals surface area contributed by atoms with E-state index in [1.165, 1.54) is 30.1 Å². The molecule has 40 heavy (non-hydrogen) atoms. The van der Waals surface area contributed by atoms with E-state index in [1.54, 1.807) is 7.05 Å². The van der Waals surface area contributed by atoms with Gasteiger partial charge < -0.3 is 10.4 Å². The van der Waals surface area contributed by atoms with Gasteiger partial charge in [-0.1, -0.05) is 17.3 Å². The van der Waals surface area contributed by atoms with E-state index in [2.05, 4.69) is 25.7 Å². The van der Waals surface area contributed by atoms with Crippen LogP contribution in [0.4, 0.5) is 26.3 Å². The second kappa shape index (κ2) is 10.5. The number of hydrogen-bond donors (Lipinski definition) is 2. The molecule has 2 N–H and O–H groups in total. The summed E-state index contributed by atoms with van der Waals surface area (Å²) in [6, 6.07) is 3.08. The molecule has 16 heteroatoms. The first-order valence-corrected chi connectivity index (χ1v) is 11.3. The first-order chi connectivity index (χ1) is 18.7. The van der Waals surface area contributed by atoms with Gasteiger partial charge in [-0.25, -0.2) is 9.07 Å². The number of aliphatic hydroxyl groups excluding tert-OH is 1. The molecule has 0 aliphatic carbocycles. The van der Waals surface area contributed by atoms with Gasteiger partial charge >= 0.3 is 6.18 Å². The summed E-state index contributed by atoms with van der Waals surface area (Å²) in [7, 11) is 1.55. The third kappa shape index (κ3) is 5.42. The molecule has 0 unspecified atom stereocenters. The Kier molecular flexibility index (Phi) is 7.47. The van der Waals surface area contributed by atoms with E-state index in [0.29, 0.717) is 15.9 Å². The smallest absolute Gasteiger partial charge is 0.390 e. The molecular weight excluding hydrogens is 548 g/mol. The normalized spacial score (nSPS) is 12.8. The number of nitrogens with one attached hydrogen (secondary N) is 1. The number of aryl methyl sites for hydroxylation is 1. The van der Waals surface area contributed by atoms with Crippen LogP contribution in [0.2, 0.25) is 0 Å². The van der Waals surface area contributed by atoms with Crippen LogP contribution in [-0.2, 0) is 19.1 Å². The maximum Gasteiger partial charge on any atom is 0.421 e. The summed E-state index contributed by atoms with van der Waals surface area (Å²) in [4.78, 5) is 29.6. The van der Waals surface area contributed by atoms with Crippen molar-refractivity contribution in [1.29, 1.82) is 0 Å². The summed E-state index contributed by atoms with van der Waals surface area (Å²) < 4.78 is 85.7. The van der Waals surface area contributed by atoms with Crippen molar-refractivity contribution in [3.63, 3.8) is 0 Å². The first kappa shape index (κ1) is 28.4. The number of carbonyl (C=O) groups excluding carboxylic acids is 1. The highest BCUT2D eigenvalue weighted by atomic mass is 19.4. The maximum absolute atomic E-state index is 14.8. The van der Waals surface area contributed by atoms with E-state index in [-0.39, 0.29) is 11.8 Å². The van der Waals surface area contributed by atoms with Crippen molar-refractivity contribution in [3.05, 3.63) is 87.5 Å². The fraction of sp³-hybridized carbons (Fsp3) is 0.250. The molecule has 0 aliphatic heterocycles. The molecule has 3 aromatic heterocycles. The lowest BCUT2D eigenvalue weighted by atomic mass is 10.00. The average Bonchev–Trinajstić information content (AvgIpc) is 3.33. The molecule has 1 atom stereocenters. The highest BCUT2D eigenvalue weighted by molar-refractivity contribution is 5.92. The van der Waals surface area contributed by atoms with Gasteiger partial charge in [0.15, 0.2) is 0 Å². The highest BCUT2D eigenvalue weighted by Crippen LogP contribution is 2.33. The van der Waals surface area contributed by atoms with Crippen LogP contribution < -0.4 is 10.9 Å². The molecule has 0 fully saturated rings. The monoisotopic (exact) mass is 567 g/mol. The molecule has 10 nitrogen and oxygen atoms in total. The lowest BCUT2D eigenvalue weighted by Crippen LogP contribution is -2.35. The molecular formula is C24H19F6N7O3. The predicted octanol–water partition coefficient (Wildman–Crippen LogP) is 3.16. The van der Waals surface area contributed by atoms with Crippen molar-refractivity contribution in [2.75, 3.05) is 6.61 Å². The van der Waals surface area contributed by atoms with Gasteiger partial charge in [0.25, 0.3) is 17.4 Å². The van der Waals surface area contributed by atoms with E-state index in [9.17, 15) is 35.9 Å². The second-order valence-electron chi connectivity index (χ2n) is 8.60. The molecule has 0 spiro atoms. The fourth-order valence-electron chi connectivity index (χ4n) is 3.82. The van der Waals surface area contributed by atoms with Crippen molar-refractivity contribution in [2.24, 2.45) is 7.05 Å². The van der Waals surface area contributed by atoms with Crippen LogP contribution in [0, 0.1) is 5.82 Å². The molecule has 0 saturated carbocycles. The molecule has 0 radical (unpaired) electrons. The van der Waals surface area contributed by atoms with E-state index >= 15 is 0 Å². The number of alkyl halides is 5. The minimum absolute atomic E-state index is 0.220. The molecule has 3 heterocycles. The van der Waals surface area contributed by atoms with E-state index in [1.807, 2.05) is 0 Å². The number of benzene rings is 1. The quantitative estimate of drug-likeness (QED) is 0.329. The molecule has 0 saturated heterocycles.